The quantitative estimate of drug-likeness (QED) is 0.281. The van der Waals surface area contributed by atoms with E-state index in [-0.39, 0.29) is 16.2 Å². The molecule has 2 atom stereocenters. The summed E-state index contributed by atoms with van der Waals surface area (Å²) in [7, 11) is 0. The Kier molecular flexibility index (Phi) is 6.87. The van der Waals surface area contributed by atoms with Crippen molar-refractivity contribution in [2.45, 2.75) is 57.7 Å². The van der Waals surface area contributed by atoms with Crippen molar-refractivity contribution in [2.75, 3.05) is 18.0 Å². The lowest BCUT2D eigenvalue weighted by Crippen LogP contribution is -2.61. The second kappa shape index (κ2) is 9.96. The number of anilines is 1. The van der Waals surface area contributed by atoms with E-state index in [1.807, 2.05) is 50.4 Å². The van der Waals surface area contributed by atoms with Crippen molar-refractivity contribution in [3.63, 3.8) is 0 Å². The number of nitrogens with zero attached hydrogens (tertiary/aromatic N) is 4. The highest BCUT2D eigenvalue weighted by Crippen LogP contribution is 2.46. The van der Waals surface area contributed by atoms with Crippen molar-refractivity contribution in [1.29, 1.82) is 0 Å². The van der Waals surface area contributed by atoms with Gasteiger partial charge >= 0.3 is 0 Å². The van der Waals surface area contributed by atoms with Crippen molar-refractivity contribution in [3.8, 4) is 11.1 Å². The lowest BCUT2D eigenvalue weighted by Gasteiger charge is -2.47. The van der Waals surface area contributed by atoms with Crippen LogP contribution in [0.15, 0.2) is 54.9 Å². The maximum Gasteiger partial charge on any atom is 0.211 e. The fourth-order valence-corrected chi connectivity index (χ4v) is 7.47. The molecule has 3 heterocycles. The lowest BCUT2D eigenvalue weighted by atomic mass is 9.72. The van der Waals surface area contributed by atoms with Gasteiger partial charge in [0.1, 0.15) is 10.4 Å². The minimum absolute atomic E-state index is 0.0123. The fourth-order valence-electron chi connectivity index (χ4n) is 6.14. The van der Waals surface area contributed by atoms with Crippen LogP contribution in [0.2, 0.25) is 10.0 Å². The van der Waals surface area contributed by atoms with Crippen LogP contribution >= 0.6 is 23.2 Å². The lowest BCUT2D eigenvalue weighted by molar-refractivity contribution is 0.179. The topological polar surface area (TPSA) is 68.5 Å². The molecule has 1 fully saturated rings. The van der Waals surface area contributed by atoms with Gasteiger partial charge in [0.25, 0.3) is 0 Å². The molecule has 6 rings (SSSR count). The molecule has 2 aromatic heterocycles. The maximum absolute atomic E-state index is 13.4. The molecule has 0 amide bonds. The second-order valence-corrected chi connectivity index (χ2v) is 14.6. The molecular formula is C30H33Cl2N5OS. The van der Waals surface area contributed by atoms with Gasteiger partial charge in [-0.05, 0) is 64.2 Å². The third kappa shape index (κ3) is 4.72. The van der Waals surface area contributed by atoms with E-state index in [1.54, 1.807) is 12.3 Å². The third-order valence-electron chi connectivity index (χ3n) is 8.24. The van der Waals surface area contributed by atoms with E-state index < -0.39 is 11.4 Å². The van der Waals surface area contributed by atoms with Crippen LogP contribution in [0.1, 0.15) is 44.0 Å². The molecule has 4 aromatic rings. The summed E-state index contributed by atoms with van der Waals surface area (Å²) in [6.07, 6.45) is 6.71. The van der Waals surface area contributed by atoms with Crippen LogP contribution in [-0.2, 0) is 24.2 Å². The summed E-state index contributed by atoms with van der Waals surface area (Å²) in [5, 5.41) is 0.998. The van der Waals surface area contributed by atoms with Gasteiger partial charge in [-0.1, -0.05) is 59.6 Å². The summed E-state index contributed by atoms with van der Waals surface area (Å²) >= 11 is 11.8. The van der Waals surface area contributed by atoms with E-state index in [1.165, 1.54) is 11.1 Å². The van der Waals surface area contributed by atoms with Gasteiger partial charge in [0.05, 0.1) is 21.8 Å². The largest absolute Gasteiger partial charge is 0.598 e. The average Bonchev–Trinajstić information content (AvgIpc) is 3.52. The van der Waals surface area contributed by atoms with Crippen LogP contribution in [0, 0.1) is 12.3 Å². The summed E-state index contributed by atoms with van der Waals surface area (Å²) in [6, 6.07) is 14.4. The van der Waals surface area contributed by atoms with Gasteiger partial charge in [0.2, 0.25) is 5.95 Å². The molecule has 2 aliphatic rings. The van der Waals surface area contributed by atoms with Crippen LogP contribution in [0.25, 0.3) is 16.8 Å². The zero-order chi connectivity index (χ0) is 27.5. The summed E-state index contributed by atoms with van der Waals surface area (Å²) in [5.41, 5.74) is 6.15. The second-order valence-electron chi connectivity index (χ2n) is 11.8. The highest BCUT2D eigenvalue weighted by Gasteiger charge is 2.50. The van der Waals surface area contributed by atoms with Crippen LogP contribution < -0.4 is 9.62 Å². The standard InChI is InChI=1S/C30H33Cl2N5OS/c1-19-25(22-10-7-11-23(31)26(22)32)27-33-13-15-37(27)28(34-19)36-14-12-30(16-20-8-5-6-9-21(20)17-30)24(18-36)35-39(38)29(2,3)4/h5-11,13,15,24,35H,12,14,16-18H2,1-4H3/t24?,39-/m1/s1. The van der Waals surface area contributed by atoms with Crippen molar-refractivity contribution in [1.82, 2.24) is 19.1 Å². The van der Waals surface area contributed by atoms with Crippen LogP contribution in [0.4, 0.5) is 5.95 Å². The van der Waals surface area contributed by atoms with Gasteiger partial charge in [-0.25, -0.2) is 9.97 Å². The van der Waals surface area contributed by atoms with Gasteiger partial charge in [0.15, 0.2) is 0 Å². The minimum Gasteiger partial charge on any atom is -0.598 e. The van der Waals surface area contributed by atoms with Crippen LogP contribution in [-0.4, -0.2) is 42.8 Å². The van der Waals surface area contributed by atoms with Gasteiger partial charge in [-0.2, -0.15) is 0 Å². The van der Waals surface area contributed by atoms with Crippen molar-refractivity contribution in [3.05, 3.63) is 81.7 Å². The summed E-state index contributed by atoms with van der Waals surface area (Å²) in [4.78, 5) is 12.1. The Balaban J connectivity index is 1.39. The van der Waals surface area contributed by atoms with E-state index in [4.69, 9.17) is 33.2 Å². The number of imidazole rings is 1. The SMILES string of the molecule is Cc1nc(N2CCC3(Cc4ccccc4C3)C(N[S@+]([O-])C(C)(C)C)C2)n2ccnc2c1-c1cccc(Cl)c1Cl. The summed E-state index contributed by atoms with van der Waals surface area (Å²) < 4.78 is 18.7. The van der Waals surface area contributed by atoms with Gasteiger partial charge in [0, 0.05) is 53.4 Å². The molecule has 1 aliphatic heterocycles. The van der Waals surface area contributed by atoms with Gasteiger partial charge in [-0.3, -0.25) is 4.40 Å². The number of aromatic nitrogens is 3. The number of benzene rings is 2. The number of halogens is 2. The molecule has 0 bridgehead atoms. The molecule has 1 spiro atoms. The Bertz CT molecular complexity index is 1520. The zero-order valence-electron chi connectivity index (χ0n) is 22.7. The molecule has 1 saturated heterocycles. The Labute approximate surface area is 243 Å². The van der Waals surface area contributed by atoms with E-state index in [0.29, 0.717) is 16.6 Å². The monoisotopic (exact) mass is 581 g/mol. The Hall–Kier alpha value is -2.29. The van der Waals surface area contributed by atoms with Crippen LogP contribution in [0.3, 0.4) is 0 Å². The molecule has 0 radical (unpaired) electrons. The zero-order valence-corrected chi connectivity index (χ0v) is 25.0. The molecule has 6 nitrogen and oxygen atoms in total. The first-order chi connectivity index (χ1) is 18.6. The molecule has 204 valence electrons. The number of nitrogens with one attached hydrogen (secondary N) is 1. The molecule has 1 unspecified atom stereocenters. The molecule has 39 heavy (non-hydrogen) atoms. The highest BCUT2D eigenvalue weighted by molar-refractivity contribution is 7.90. The first kappa shape index (κ1) is 26.9. The smallest absolute Gasteiger partial charge is 0.211 e. The van der Waals surface area contributed by atoms with E-state index in [2.05, 4.69) is 33.9 Å². The van der Waals surface area contributed by atoms with Crippen molar-refractivity contribution in [2.24, 2.45) is 5.41 Å². The summed E-state index contributed by atoms with van der Waals surface area (Å²) in [6.45, 7) is 9.61. The van der Waals surface area contributed by atoms with E-state index in [9.17, 15) is 4.55 Å². The highest BCUT2D eigenvalue weighted by atomic mass is 35.5. The number of fused-ring (bicyclic) bond motifs is 2. The average molecular weight is 583 g/mol. The van der Waals surface area contributed by atoms with Gasteiger partial charge < -0.3 is 9.45 Å². The maximum atomic E-state index is 13.4. The predicted octanol–water partition coefficient (Wildman–Crippen LogP) is 6.43. The number of rotatable bonds is 4. The molecule has 2 aromatic carbocycles. The van der Waals surface area contributed by atoms with E-state index >= 15 is 0 Å². The molecule has 0 saturated carbocycles. The Morgan fingerprint density at radius 3 is 2.49 bits per heavy atom. The Morgan fingerprint density at radius 2 is 1.79 bits per heavy atom. The first-order valence-corrected chi connectivity index (χ1v) is 15.3. The summed E-state index contributed by atoms with van der Waals surface area (Å²) in [5.74, 6) is 0.834. The fraction of sp³-hybridized carbons (Fsp3) is 0.400. The Morgan fingerprint density at radius 1 is 1.08 bits per heavy atom. The van der Waals surface area contributed by atoms with Crippen LogP contribution in [0.5, 0.6) is 0 Å². The van der Waals surface area contributed by atoms with E-state index in [0.717, 1.165) is 54.2 Å². The number of piperidine rings is 1. The number of hydrogen-bond donors (Lipinski definition) is 1. The predicted molar refractivity (Wildman–Crippen MR) is 161 cm³/mol. The number of hydrogen-bond acceptors (Lipinski definition) is 5. The normalized spacial score (nSPS) is 19.6. The molecule has 9 heteroatoms. The molecule has 1 aliphatic carbocycles. The number of aryl methyl sites for hydroxylation is 1. The van der Waals surface area contributed by atoms with Crippen molar-refractivity contribution < 1.29 is 4.55 Å². The third-order valence-corrected chi connectivity index (χ3v) is 10.7. The van der Waals surface area contributed by atoms with Gasteiger partial charge in [-0.15, -0.1) is 4.72 Å². The molecule has 1 N–H and O–H groups in total. The minimum atomic E-state index is -1.19. The first-order valence-electron chi connectivity index (χ1n) is 13.4. The molecular weight excluding hydrogens is 549 g/mol. The van der Waals surface area contributed by atoms with Crippen molar-refractivity contribution >= 4 is 46.2 Å².